The largest absolute Gasteiger partial charge is 0.315 e. The molecule has 0 unspecified atom stereocenters. The summed E-state index contributed by atoms with van der Waals surface area (Å²) in [7, 11) is -3.50. The Kier molecular flexibility index (Phi) is 7.53. The highest BCUT2D eigenvalue weighted by molar-refractivity contribution is 7.89. The predicted octanol–water partition coefficient (Wildman–Crippen LogP) is 2.77. The van der Waals surface area contributed by atoms with Gasteiger partial charge in [0.25, 0.3) is 0 Å². The Morgan fingerprint density at radius 2 is 1.69 bits per heavy atom. The lowest BCUT2D eigenvalue weighted by Gasteiger charge is -2.09. The van der Waals surface area contributed by atoms with Crippen LogP contribution in [-0.2, 0) is 16.4 Å². The van der Waals surface area contributed by atoms with E-state index >= 15 is 0 Å². The molecule has 0 aliphatic rings. The average Bonchev–Trinajstić information content (AvgIpc) is 2.65. The molecule has 0 spiro atoms. The van der Waals surface area contributed by atoms with Crippen LogP contribution >= 0.6 is 12.4 Å². The minimum Gasteiger partial charge on any atom is -0.315 e. The summed E-state index contributed by atoms with van der Waals surface area (Å²) in [5.74, 6) is 0. The van der Waals surface area contributed by atoms with Gasteiger partial charge < -0.3 is 5.32 Å². The molecule has 0 aliphatic heterocycles. The van der Waals surface area contributed by atoms with Crippen LogP contribution in [0.3, 0.4) is 0 Å². The van der Waals surface area contributed by atoms with Gasteiger partial charge in [-0.3, -0.25) is 4.98 Å². The Morgan fingerprint density at radius 1 is 0.885 bits per heavy atom. The number of benzene rings is 2. The van der Waals surface area contributed by atoms with Crippen LogP contribution in [0.1, 0.15) is 5.56 Å². The molecule has 0 aliphatic carbocycles. The van der Waals surface area contributed by atoms with E-state index in [0.717, 1.165) is 23.7 Å². The number of aromatic nitrogens is 1. The van der Waals surface area contributed by atoms with Gasteiger partial charge in [-0.15, -0.1) is 12.4 Å². The fourth-order valence-corrected chi connectivity index (χ4v) is 3.65. The first-order valence-corrected chi connectivity index (χ1v) is 9.71. The van der Waals surface area contributed by atoms with Crippen LogP contribution in [-0.4, -0.2) is 33.0 Å². The number of hydrogen-bond donors (Lipinski definition) is 2. The third-order valence-electron chi connectivity index (χ3n) is 3.95. The Hall–Kier alpha value is -1.99. The van der Waals surface area contributed by atoms with Gasteiger partial charge in [0.15, 0.2) is 0 Å². The van der Waals surface area contributed by atoms with Gasteiger partial charge in [0.05, 0.1) is 4.90 Å². The highest BCUT2D eigenvalue weighted by Gasteiger charge is 2.13. The first kappa shape index (κ1) is 20.3. The van der Waals surface area contributed by atoms with Crippen LogP contribution in [0.5, 0.6) is 0 Å². The second-order valence-electron chi connectivity index (χ2n) is 5.77. The van der Waals surface area contributed by atoms with Gasteiger partial charge in [0, 0.05) is 30.9 Å². The second kappa shape index (κ2) is 9.64. The van der Waals surface area contributed by atoms with Crippen LogP contribution in [0.4, 0.5) is 0 Å². The van der Waals surface area contributed by atoms with Crippen molar-refractivity contribution in [2.45, 2.75) is 11.3 Å². The van der Waals surface area contributed by atoms with Crippen molar-refractivity contribution in [2.24, 2.45) is 0 Å². The maximum Gasteiger partial charge on any atom is 0.240 e. The van der Waals surface area contributed by atoms with Gasteiger partial charge >= 0.3 is 0 Å². The van der Waals surface area contributed by atoms with Gasteiger partial charge in [0.2, 0.25) is 10.0 Å². The molecule has 0 atom stereocenters. The smallest absolute Gasteiger partial charge is 0.240 e. The third-order valence-corrected chi connectivity index (χ3v) is 5.41. The summed E-state index contributed by atoms with van der Waals surface area (Å²) in [6.07, 6.45) is 4.30. The number of halogens is 1. The Bertz CT molecular complexity index is 934. The van der Waals surface area contributed by atoms with Crippen molar-refractivity contribution >= 4 is 33.2 Å². The molecular weight excluding hydrogens is 370 g/mol. The van der Waals surface area contributed by atoms with Gasteiger partial charge in [0.1, 0.15) is 0 Å². The summed E-state index contributed by atoms with van der Waals surface area (Å²) in [5, 5.41) is 5.03. The Morgan fingerprint density at radius 3 is 2.50 bits per heavy atom. The molecule has 0 radical (unpaired) electrons. The molecule has 1 aromatic heterocycles. The molecule has 7 heteroatoms. The van der Waals surface area contributed by atoms with E-state index in [1.54, 1.807) is 36.7 Å². The Balaban J connectivity index is 0.00000243. The van der Waals surface area contributed by atoms with Gasteiger partial charge in [-0.1, -0.05) is 36.4 Å². The molecule has 2 aromatic carbocycles. The molecule has 0 bridgehead atoms. The molecular formula is C19H22ClN3O2S. The van der Waals surface area contributed by atoms with E-state index in [-0.39, 0.29) is 17.3 Å². The lowest BCUT2D eigenvalue weighted by Crippen LogP contribution is -2.32. The van der Waals surface area contributed by atoms with Crippen molar-refractivity contribution in [2.75, 3.05) is 19.6 Å². The number of sulfonamides is 1. The van der Waals surface area contributed by atoms with E-state index in [0.29, 0.717) is 13.1 Å². The van der Waals surface area contributed by atoms with E-state index in [4.69, 9.17) is 0 Å². The summed E-state index contributed by atoms with van der Waals surface area (Å²) in [5.41, 5.74) is 1.27. The highest BCUT2D eigenvalue weighted by atomic mass is 35.5. The molecule has 1 heterocycles. The monoisotopic (exact) mass is 391 g/mol. The third kappa shape index (κ3) is 5.51. The lowest BCUT2D eigenvalue weighted by molar-refractivity contribution is 0.576. The number of nitrogens with zero attached hydrogens (tertiary/aromatic N) is 1. The molecule has 3 aromatic rings. The predicted molar refractivity (Wildman–Crippen MR) is 107 cm³/mol. The quantitative estimate of drug-likeness (QED) is 0.579. The fourth-order valence-electron chi connectivity index (χ4n) is 2.59. The van der Waals surface area contributed by atoms with Crippen molar-refractivity contribution in [1.29, 1.82) is 0 Å². The lowest BCUT2D eigenvalue weighted by atomic mass is 10.1. The van der Waals surface area contributed by atoms with E-state index in [9.17, 15) is 8.42 Å². The molecule has 138 valence electrons. The molecule has 0 fully saturated rings. The zero-order chi connectivity index (χ0) is 17.5. The van der Waals surface area contributed by atoms with Crippen molar-refractivity contribution in [1.82, 2.24) is 15.0 Å². The first-order chi connectivity index (χ1) is 12.1. The van der Waals surface area contributed by atoms with Crippen molar-refractivity contribution in [3.8, 4) is 0 Å². The van der Waals surface area contributed by atoms with Crippen LogP contribution in [0.2, 0.25) is 0 Å². The highest BCUT2D eigenvalue weighted by Crippen LogP contribution is 2.17. The summed E-state index contributed by atoms with van der Waals surface area (Å²) in [6.45, 7) is 1.75. The van der Waals surface area contributed by atoms with Crippen molar-refractivity contribution in [3.05, 3.63) is 72.6 Å². The summed E-state index contributed by atoms with van der Waals surface area (Å²) < 4.78 is 27.4. The Labute approximate surface area is 160 Å². The number of rotatable bonds is 8. The fraction of sp³-hybridized carbons (Fsp3) is 0.211. The standard InChI is InChI=1S/C19H21N3O2S.ClH/c23-25(24,19-7-6-18-15-21-11-9-17(18)14-19)22-13-12-20-10-8-16-4-2-1-3-5-16;/h1-7,9,11,14-15,20,22H,8,10,12-13H2;1H. The van der Waals surface area contributed by atoms with Crippen molar-refractivity contribution in [3.63, 3.8) is 0 Å². The van der Waals surface area contributed by atoms with Gasteiger partial charge in [-0.05, 0) is 42.1 Å². The molecule has 3 rings (SSSR count). The minimum atomic E-state index is -3.50. The van der Waals surface area contributed by atoms with Gasteiger partial charge in [-0.25, -0.2) is 13.1 Å². The summed E-state index contributed by atoms with van der Waals surface area (Å²) in [4.78, 5) is 4.30. The minimum absolute atomic E-state index is 0. The number of hydrogen-bond acceptors (Lipinski definition) is 4. The summed E-state index contributed by atoms with van der Waals surface area (Å²) in [6, 6.07) is 17.0. The first-order valence-electron chi connectivity index (χ1n) is 8.23. The maximum absolute atomic E-state index is 12.4. The van der Waals surface area contributed by atoms with Crippen molar-refractivity contribution < 1.29 is 8.42 Å². The van der Waals surface area contributed by atoms with E-state index in [2.05, 4.69) is 27.2 Å². The van der Waals surface area contributed by atoms with E-state index in [1.165, 1.54) is 5.56 Å². The molecule has 0 saturated carbocycles. The van der Waals surface area contributed by atoms with Gasteiger partial charge in [-0.2, -0.15) is 0 Å². The van der Waals surface area contributed by atoms with E-state index < -0.39 is 10.0 Å². The zero-order valence-corrected chi connectivity index (χ0v) is 15.9. The summed E-state index contributed by atoms with van der Waals surface area (Å²) >= 11 is 0. The molecule has 5 nitrogen and oxygen atoms in total. The molecule has 0 saturated heterocycles. The zero-order valence-electron chi connectivity index (χ0n) is 14.3. The topological polar surface area (TPSA) is 71.1 Å². The normalized spacial score (nSPS) is 11.2. The number of pyridine rings is 1. The van der Waals surface area contributed by atoms with Crippen LogP contribution in [0, 0.1) is 0 Å². The SMILES string of the molecule is Cl.O=S(=O)(NCCNCCc1ccccc1)c1ccc2cnccc2c1. The van der Waals surface area contributed by atoms with Crippen LogP contribution in [0.25, 0.3) is 10.8 Å². The van der Waals surface area contributed by atoms with Crippen LogP contribution < -0.4 is 10.0 Å². The van der Waals surface area contributed by atoms with E-state index in [1.807, 2.05) is 18.2 Å². The molecule has 26 heavy (non-hydrogen) atoms. The molecule has 0 amide bonds. The molecule has 2 N–H and O–H groups in total. The maximum atomic E-state index is 12.4. The second-order valence-corrected chi connectivity index (χ2v) is 7.53. The average molecular weight is 392 g/mol. The number of fused-ring (bicyclic) bond motifs is 1. The number of nitrogens with one attached hydrogen (secondary N) is 2. The van der Waals surface area contributed by atoms with Crippen LogP contribution in [0.15, 0.2) is 71.9 Å².